The second kappa shape index (κ2) is 7.43. The van der Waals surface area contributed by atoms with E-state index in [0.717, 1.165) is 31.7 Å². The molecule has 2 aromatic rings. The van der Waals surface area contributed by atoms with E-state index in [2.05, 4.69) is 4.72 Å². The summed E-state index contributed by atoms with van der Waals surface area (Å²) < 4.78 is 47.1. The minimum Gasteiger partial charge on any atom is -0.493 e. The van der Waals surface area contributed by atoms with E-state index in [1.807, 2.05) is 4.90 Å². The Balaban J connectivity index is 1.66. The molecule has 2 heterocycles. The highest BCUT2D eigenvalue weighted by molar-refractivity contribution is 7.92. The molecule has 8 heteroatoms. The molecule has 1 amide bonds. The quantitative estimate of drug-likeness (QED) is 0.851. The number of nitrogens with one attached hydrogen (secondary N) is 1. The molecule has 0 aromatic heterocycles. The minimum atomic E-state index is -4.12. The number of fused-ring (bicyclic) bond motifs is 2. The van der Waals surface area contributed by atoms with Crippen LogP contribution in [0.5, 0.6) is 5.75 Å². The summed E-state index contributed by atoms with van der Waals surface area (Å²) >= 11 is 0. The van der Waals surface area contributed by atoms with Gasteiger partial charge in [-0.05, 0) is 49.6 Å². The van der Waals surface area contributed by atoms with Crippen LogP contribution in [-0.4, -0.2) is 38.4 Å². The van der Waals surface area contributed by atoms with Gasteiger partial charge in [0.05, 0.1) is 12.2 Å². The molecule has 0 saturated carbocycles. The number of sulfonamides is 1. The summed E-state index contributed by atoms with van der Waals surface area (Å²) in [7, 11) is -4.12. The van der Waals surface area contributed by atoms with Crippen LogP contribution in [0.25, 0.3) is 0 Å². The number of ether oxygens (including phenoxy) is 1. The van der Waals surface area contributed by atoms with Crippen molar-refractivity contribution >= 4 is 21.6 Å². The van der Waals surface area contributed by atoms with E-state index in [9.17, 15) is 17.6 Å². The van der Waals surface area contributed by atoms with Gasteiger partial charge in [0, 0.05) is 24.7 Å². The van der Waals surface area contributed by atoms with E-state index in [4.69, 9.17) is 4.74 Å². The number of piperidine rings is 1. The lowest BCUT2D eigenvalue weighted by Gasteiger charge is -2.37. The number of halogens is 1. The summed E-state index contributed by atoms with van der Waals surface area (Å²) in [4.78, 5) is 14.5. The number of nitrogens with zero attached hydrogens (tertiary/aromatic N) is 1. The first kappa shape index (κ1) is 18.7. The molecule has 1 atom stereocenters. The monoisotopic (exact) mass is 404 g/mol. The van der Waals surface area contributed by atoms with Crippen LogP contribution in [0.2, 0.25) is 0 Å². The van der Waals surface area contributed by atoms with E-state index in [1.165, 1.54) is 30.3 Å². The van der Waals surface area contributed by atoms with Gasteiger partial charge in [0.1, 0.15) is 16.5 Å². The molecule has 6 nitrogen and oxygen atoms in total. The fourth-order valence-electron chi connectivity index (χ4n) is 3.79. The van der Waals surface area contributed by atoms with Gasteiger partial charge in [0.2, 0.25) is 0 Å². The number of hydrogen-bond donors (Lipinski definition) is 1. The molecular weight excluding hydrogens is 383 g/mol. The van der Waals surface area contributed by atoms with Crippen molar-refractivity contribution in [2.24, 2.45) is 0 Å². The van der Waals surface area contributed by atoms with Crippen molar-refractivity contribution in [2.75, 3.05) is 17.9 Å². The van der Waals surface area contributed by atoms with Gasteiger partial charge in [-0.15, -0.1) is 0 Å². The first-order valence-corrected chi connectivity index (χ1v) is 10.8. The number of rotatable bonds is 3. The molecular formula is C20H21FN2O4S. The molecule has 28 heavy (non-hydrogen) atoms. The first-order chi connectivity index (χ1) is 13.5. The smallest absolute Gasteiger partial charge is 0.264 e. The van der Waals surface area contributed by atoms with Crippen molar-refractivity contribution in [1.82, 2.24) is 4.90 Å². The number of carbonyl (C=O) groups excluding carboxylic acids is 1. The van der Waals surface area contributed by atoms with Crippen LogP contribution < -0.4 is 9.46 Å². The molecule has 148 valence electrons. The van der Waals surface area contributed by atoms with Gasteiger partial charge >= 0.3 is 0 Å². The highest BCUT2D eigenvalue weighted by Gasteiger charge is 2.31. The lowest BCUT2D eigenvalue weighted by atomic mass is 9.97. The maximum absolute atomic E-state index is 13.9. The summed E-state index contributed by atoms with van der Waals surface area (Å²) in [6.07, 6.45) is 3.78. The Morgan fingerprint density at radius 3 is 2.75 bits per heavy atom. The van der Waals surface area contributed by atoms with E-state index in [-0.39, 0.29) is 17.6 Å². The van der Waals surface area contributed by atoms with Crippen molar-refractivity contribution in [1.29, 1.82) is 0 Å². The van der Waals surface area contributed by atoms with E-state index in [0.29, 0.717) is 24.5 Å². The Labute approximate surface area is 163 Å². The van der Waals surface area contributed by atoms with Gasteiger partial charge in [0.15, 0.2) is 0 Å². The lowest BCUT2D eigenvalue weighted by Crippen LogP contribution is -2.45. The van der Waals surface area contributed by atoms with Crippen molar-refractivity contribution < 1.29 is 22.3 Å². The van der Waals surface area contributed by atoms with Crippen molar-refractivity contribution in [3.63, 3.8) is 0 Å². The number of benzene rings is 2. The number of carbonyl (C=O) groups is 1. The predicted molar refractivity (Wildman–Crippen MR) is 102 cm³/mol. The van der Waals surface area contributed by atoms with Crippen molar-refractivity contribution in [3.05, 3.63) is 53.8 Å². The van der Waals surface area contributed by atoms with Crippen LogP contribution in [0.4, 0.5) is 10.1 Å². The molecule has 4 rings (SSSR count). The van der Waals surface area contributed by atoms with E-state index >= 15 is 0 Å². The SMILES string of the molecule is O=C1c2cc(NS(=O)(=O)c3ccccc3F)ccc2OCCC2CCCCN12. The van der Waals surface area contributed by atoms with Crippen LogP contribution in [-0.2, 0) is 10.0 Å². The fraction of sp³-hybridized carbons (Fsp3) is 0.350. The number of anilines is 1. The van der Waals surface area contributed by atoms with Crippen LogP contribution in [0, 0.1) is 5.82 Å². The van der Waals surface area contributed by atoms with Gasteiger partial charge in [-0.2, -0.15) is 0 Å². The molecule has 1 fully saturated rings. The minimum absolute atomic E-state index is 0.146. The largest absolute Gasteiger partial charge is 0.493 e. The van der Waals surface area contributed by atoms with E-state index in [1.54, 1.807) is 6.07 Å². The van der Waals surface area contributed by atoms with Crippen molar-refractivity contribution in [3.8, 4) is 5.75 Å². The third-order valence-corrected chi connectivity index (χ3v) is 6.60. The Morgan fingerprint density at radius 1 is 1.11 bits per heavy atom. The predicted octanol–water partition coefficient (Wildman–Crippen LogP) is 3.40. The van der Waals surface area contributed by atoms with Crippen LogP contribution in [0.3, 0.4) is 0 Å². The van der Waals surface area contributed by atoms with Gasteiger partial charge < -0.3 is 9.64 Å². The second-order valence-corrected chi connectivity index (χ2v) is 8.68. The third-order valence-electron chi connectivity index (χ3n) is 5.18. The highest BCUT2D eigenvalue weighted by Crippen LogP contribution is 2.31. The standard InChI is InChI=1S/C20H21FN2O4S/c21-17-6-1-2-7-19(17)28(25,26)22-14-8-9-18-16(13-14)20(24)23-11-4-3-5-15(23)10-12-27-18/h1-2,6-9,13,15,22H,3-5,10-12H2. The molecule has 1 saturated heterocycles. The van der Waals surface area contributed by atoms with Crippen LogP contribution in [0.1, 0.15) is 36.0 Å². The molecule has 0 radical (unpaired) electrons. The second-order valence-electron chi connectivity index (χ2n) is 7.03. The zero-order valence-electron chi connectivity index (χ0n) is 15.2. The average molecular weight is 404 g/mol. The molecule has 0 spiro atoms. The van der Waals surface area contributed by atoms with Gasteiger partial charge in [-0.1, -0.05) is 12.1 Å². The zero-order chi connectivity index (χ0) is 19.7. The molecule has 1 unspecified atom stereocenters. The molecule has 0 aliphatic carbocycles. The Kier molecular flexibility index (Phi) is 4.97. The zero-order valence-corrected chi connectivity index (χ0v) is 16.0. The van der Waals surface area contributed by atoms with Gasteiger partial charge in [-0.25, -0.2) is 12.8 Å². The van der Waals surface area contributed by atoms with Crippen LogP contribution in [0.15, 0.2) is 47.4 Å². The maximum atomic E-state index is 13.9. The topological polar surface area (TPSA) is 75.7 Å². The highest BCUT2D eigenvalue weighted by atomic mass is 32.2. The maximum Gasteiger partial charge on any atom is 0.264 e. The third kappa shape index (κ3) is 3.56. The molecule has 2 aliphatic rings. The average Bonchev–Trinajstić information content (AvgIpc) is 2.67. The Bertz CT molecular complexity index is 1010. The van der Waals surface area contributed by atoms with Gasteiger partial charge in [-0.3, -0.25) is 9.52 Å². The Morgan fingerprint density at radius 2 is 1.93 bits per heavy atom. The summed E-state index contributed by atoms with van der Waals surface area (Å²) in [6, 6.07) is 9.86. The molecule has 2 aromatic carbocycles. The van der Waals surface area contributed by atoms with Crippen LogP contribution >= 0.6 is 0 Å². The summed E-state index contributed by atoms with van der Waals surface area (Å²) in [5.74, 6) is -0.564. The number of amides is 1. The molecule has 1 N–H and O–H groups in total. The normalized spacial score (nSPS) is 19.7. The summed E-state index contributed by atoms with van der Waals surface area (Å²) in [5, 5.41) is 0. The summed E-state index contributed by atoms with van der Waals surface area (Å²) in [5.41, 5.74) is 0.508. The summed E-state index contributed by atoms with van der Waals surface area (Å²) in [6.45, 7) is 1.19. The van der Waals surface area contributed by atoms with E-state index < -0.39 is 20.7 Å². The molecule has 2 aliphatic heterocycles. The first-order valence-electron chi connectivity index (χ1n) is 9.31. The Hall–Kier alpha value is -2.61. The van der Waals surface area contributed by atoms with Crippen molar-refractivity contribution in [2.45, 2.75) is 36.6 Å². The fourth-order valence-corrected chi connectivity index (χ4v) is 4.92. The number of hydrogen-bond acceptors (Lipinski definition) is 4. The lowest BCUT2D eigenvalue weighted by molar-refractivity contribution is 0.0548. The van der Waals surface area contributed by atoms with Gasteiger partial charge in [0.25, 0.3) is 15.9 Å². The molecule has 0 bridgehead atoms.